The predicted molar refractivity (Wildman–Crippen MR) is 83.0 cm³/mol. The summed E-state index contributed by atoms with van der Waals surface area (Å²) in [7, 11) is -1.79. The summed E-state index contributed by atoms with van der Waals surface area (Å²) < 4.78 is 31.2. The van der Waals surface area contributed by atoms with Crippen molar-refractivity contribution in [1.29, 1.82) is 0 Å². The third-order valence-electron chi connectivity index (χ3n) is 2.51. The van der Waals surface area contributed by atoms with Gasteiger partial charge in [-0.2, -0.15) is 0 Å². The molecule has 0 radical (unpaired) electrons. The van der Waals surface area contributed by atoms with Crippen molar-refractivity contribution in [1.82, 2.24) is 10.0 Å². The van der Waals surface area contributed by atoms with Crippen molar-refractivity contribution in [2.75, 3.05) is 26.0 Å². The molecule has 0 aliphatic heterocycles. The average Bonchev–Trinajstić information content (AvgIpc) is 2.42. The maximum absolute atomic E-state index is 11.3. The van der Waals surface area contributed by atoms with Crippen LogP contribution < -0.4 is 14.8 Å². The number of halogens is 1. The molecule has 0 amide bonds. The Hall–Kier alpha value is -1.07. The Morgan fingerprint density at radius 3 is 2.85 bits per heavy atom. The minimum absolute atomic E-state index is 0.0258. The molecule has 0 spiro atoms. The molecule has 1 aromatic carbocycles. The van der Waals surface area contributed by atoms with Gasteiger partial charge in [-0.3, -0.25) is 0 Å². The van der Waals surface area contributed by atoms with Gasteiger partial charge in [-0.15, -0.1) is 6.42 Å². The molecule has 0 bridgehead atoms. The molecule has 0 saturated carbocycles. The molecule has 0 atom stereocenters. The first kappa shape index (κ1) is 17.0. The number of hydrogen-bond acceptors (Lipinski definition) is 4. The van der Waals surface area contributed by atoms with E-state index >= 15 is 0 Å². The summed E-state index contributed by atoms with van der Waals surface area (Å²) in [6.45, 7) is 1.05. The highest BCUT2D eigenvalue weighted by molar-refractivity contribution is 9.10. The van der Waals surface area contributed by atoms with E-state index in [1.54, 1.807) is 0 Å². The van der Waals surface area contributed by atoms with Gasteiger partial charge in [0.05, 0.1) is 5.75 Å². The lowest BCUT2D eigenvalue weighted by molar-refractivity contribution is 0.365. The fraction of sp³-hybridized carbons (Fsp3) is 0.385. The van der Waals surface area contributed by atoms with Crippen LogP contribution in [0.4, 0.5) is 0 Å². The van der Waals surface area contributed by atoms with Crippen LogP contribution >= 0.6 is 15.9 Å². The molecule has 0 aromatic heterocycles. The van der Waals surface area contributed by atoms with Crippen molar-refractivity contribution < 1.29 is 13.2 Å². The van der Waals surface area contributed by atoms with Crippen LogP contribution in [-0.4, -0.2) is 34.4 Å². The number of sulfonamides is 1. The molecule has 5 nitrogen and oxygen atoms in total. The Balaban J connectivity index is 2.58. The lowest BCUT2D eigenvalue weighted by atomic mass is 10.2. The SMILES string of the molecule is C#CCOc1ccc(Br)cc1CNCCS(=O)(=O)NC. The highest BCUT2D eigenvalue weighted by atomic mass is 79.9. The van der Waals surface area contributed by atoms with Crippen LogP contribution in [-0.2, 0) is 16.6 Å². The summed E-state index contributed by atoms with van der Waals surface area (Å²) in [4.78, 5) is 0. The molecule has 0 fully saturated rings. The van der Waals surface area contributed by atoms with Gasteiger partial charge in [-0.1, -0.05) is 21.9 Å². The number of nitrogens with one attached hydrogen (secondary N) is 2. The first-order valence-corrected chi connectivity index (χ1v) is 8.39. The Kier molecular flexibility index (Phi) is 7.02. The Morgan fingerprint density at radius 1 is 1.45 bits per heavy atom. The second kappa shape index (κ2) is 8.27. The van der Waals surface area contributed by atoms with Gasteiger partial charge in [0.15, 0.2) is 0 Å². The quantitative estimate of drug-likeness (QED) is 0.538. The molecule has 1 aromatic rings. The van der Waals surface area contributed by atoms with Crippen LogP contribution in [0.5, 0.6) is 5.75 Å². The second-order valence-electron chi connectivity index (χ2n) is 3.94. The zero-order chi connectivity index (χ0) is 15.0. The molecule has 2 N–H and O–H groups in total. The molecule has 110 valence electrons. The Bertz CT molecular complexity index is 582. The number of ether oxygens (including phenoxy) is 1. The topological polar surface area (TPSA) is 67.4 Å². The summed E-state index contributed by atoms with van der Waals surface area (Å²) in [6, 6.07) is 5.59. The first-order valence-electron chi connectivity index (χ1n) is 5.95. The molecule has 0 aliphatic rings. The van der Waals surface area contributed by atoms with E-state index in [9.17, 15) is 8.42 Å². The zero-order valence-electron chi connectivity index (χ0n) is 11.1. The molecular formula is C13H17BrN2O3S. The summed E-state index contributed by atoms with van der Waals surface area (Å²) in [5.41, 5.74) is 0.913. The van der Waals surface area contributed by atoms with E-state index in [2.05, 4.69) is 31.9 Å². The summed E-state index contributed by atoms with van der Waals surface area (Å²) in [5.74, 6) is 3.13. The first-order chi connectivity index (χ1) is 9.48. The maximum atomic E-state index is 11.3. The van der Waals surface area contributed by atoms with E-state index in [4.69, 9.17) is 11.2 Å². The van der Waals surface area contributed by atoms with Gasteiger partial charge in [0.25, 0.3) is 0 Å². The Labute approximate surface area is 128 Å². The van der Waals surface area contributed by atoms with Gasteiger partial charge in [-0.25, -0.2) is 13.1 Å². The number of rotatable bonds is 8. The van der Waals surface area contributed by atoms with Crippen LogP contribution in [0.2, 0.25) is 0 Å². The molecule has 0 unspecified atom stereocenters. The minimum Gasteiger partial charge on any atom is -0.481 e. The third kappa shape index (κ3) is 5.92. The zero-order valence-corrected chi connectivity index (χ0v) is 13.6. The number of hydrogen-bond donors (Lipinski definition) is 2. The van der Waals surface area contributed by atoms with Crippen LogP contribution in [0.1, 0.15) is 5.56 Å². The third-order valence-corrected chi connectivity index (χ3v) is 4.36. The largest absolute Gasteiger partial charge is 0.481 e. The standard InChI is InChI=1S/C13H17BrN2O3S/c1-3-7-19-13-5-4-12(14)9-11(13)10-16-6-8-20(17,18)15-2/h1,4-5,9,15-16H,6-8,10H2,2H3. The smallest absolute Gasteiger partial charge is 0.212 e. The van der Waals surface area contributed by atoms with E-state index in [0.29, 0.717) is 18.8 Å². The van der Waals surface area contributed by atoms with Crippen molar-refractivity contribution in [2.24, 2.45) is 0 Å². The van der Waals surface area contributed by atoms with E-state index in [0.717, 1.165) is 10.0 Å². The Morgan fingerprint density at radius 2 is 2.20 bits per heavy atom. The minimum atomic E-state index is -3.19. The van der Waals surface area contributed by atoms with E-state index in [1.165, 1.54) is 7.05 Å². The molecule has 0 saturated heterocycles. The highest BCUT2D eigenvalue weighted by Gasteiger charge is 2.07. The van der Waals surface area contributed by atoms with Gasteiger partial charge in [0.2, 0.25) is 10.0 Å². The van der Waals surface area contributed by atoms with Crippen LogP contribution in [0.3, 0.4) is 0 Å². The number of benzene rings is 1. The molecule has 0 heterocycles. The van der Waals surface area contributed by atoms with Crippen molar-refractivity contribution in [2.45, 2.75) is 6.54 Å². The van der Waals surface area contributed by atoms with E-state index < -0.39 is 10.0 Å². The molecule has 7 heteroatoms. The summed E-state index contributed by atoms with van der Waals surface area (Å²) in [5, 5.41) is 3.06. The predicted octanol–water partition coefficient (Wildman–Crippen LogP) is 1.10. The maximum Gasteiger partial charge on any atom is 0.212 e. The van der Waals surface area contributed by atoms with Crippen molar-refractivity contribution in [3.63, 3.8) is 0 Å². The lowest BCUT2D eigenvalue weighted by Crippen LogP contribution is -2.29. The van der Waals surface area contributed by atoms with Crippen molar-refractivity contribution in [3.05, 3.63) is 28.2 Å². The fourth-order valence-electron chi connectivity index (χ4n) is 1.48. The second-order valence-corrected chi connectivity index (χ2v) is 6.91. The summed E-state index contributed by atoms with van der Waals surface area (Å²) in [6.07, 6.45) is 5.17. The normalized spacial score (nSPS) is 11.1. The van der Waals surface area contributed by atoms with E-state index in [1.807, 2.05) is 18.2 Å². The van der Waals surface area contributed by atoms with Gasteiger partial charge >= 0.3 is 0 Å². The monoisotopic (exact) mass is 360 g/mol. The van der Waals surface area contributed by atoms with Crippen LogP contribution in [0.25, 0.3) is 0 Å². The molecule has 0 aliphatic carbocycles. The fourth-order valence-corrected chi connectivity index (χ4v) is 2.50. The molecular weight excluding hydrogens is 344 g/mol. The average molecular weight is 361 g/mol. The van der Waals surface area contributed by atoms with Crippen molar-refractivity contribution in [3.8, 4) is 18.1 Å². The molecule has 20 heavy (non-hydrogen) atoms. The van der Waals surface area contributed by atoms with Gasteiger partial charge in [-0.05, 0) is 25.2 Å². The van der Waals surface area contributed by atoms with Gasteiger partial charge < -0.3 is 10.1 Å². The lowest BCUT2D eigenvalue weighted by Gasteiger charge is -2.11. The van der Waals surface area contributed by atoms with Crippen LogP contribution in [0.15, 0.2) is 22.7 Å². The van der Waals surface area contributed by atoms with E-state index in [-0.39, 0.29) is 12.4 Å². The number of terminal acetylenes is 1. The van der Waals surface area contributed by atoms with Crippen LogP contribution in [0, 0.1) is 12.3 Å². The summed E-state index contributed by atoms with van der Waals surface area (Å²) >= 11 is 3.39. The van der Waals surface area contributed by atoms with Gasteiger partial charge in [0.1, 0.15) is 12.4 Å². The highest BCUT2D eigenvalue weighted by Crippen LogP contribution is 2.23. The molecule has 1 rings (SSSR count). The van der Waals surface area contributed by atoms with Gasteiger partial charge in [0, 0.05) is 23.1 Å². The van der Waals surface area contributed by atoms with Crippen molar-refractivity contribution >= 4 is 26.0 Å².